The van der Waals surface area contributed by atoms with Gasteiger partial charge >= 0.3 is 0 Å². The van der Waals surface area contributed by atoms with Crippen LogP contribution in [0.1, 0.15) is 37.7 Å². The number of hydrogen-bond acceptors (Lipinski definition) is 3. The molecule has 1 N–H and O–H groups in total. The number of rotatable bonds is 2. The van der Waals surface area contributed by atoms with E-state index in [0.717, 1.165) is 18.9 Å². The van der Waals surface area contributed by atoms with Crippen LogP contribution in [-0.4, -0.2) is 35.7 Å². The molecular weight excluding hydrogens is 226 g/mol. The van der Waals surface area contributed by atoms with Crippen molar-refractivity contribution >= 4 is 0 Å². The van der Waals surface area contributed by atoms with Gasteiger partial charge in [0, 0.05) is 11.5 Å². The summed E-state index contributed by atoms with van der Waals surface area (Å²) in [4.78, 5) is 2.56. The zero-order valence-corrected chi connectivity index (χ0v) is 10.9. The van der Waals surface area contributed by atoms with Crippen LogP contribution in [0.2, 0.25) is 0 Å². The van der Waals surface area contributed by atoms with E-state index >= 15 is 0 Å². The molecule has 0 spiro atoms. The van der Waals surface area contributed by atoms with Gasteiger partial charge in [-0.25, -0.2) is 0 Å². The van der Waals surface area contributed by atoms with Gasteiger partial charge in [-0.05, 0) is 50.6 Å². The number of ether oxygens (including phenoxy) is 1. The highest BCUT2D eigenvalue weighted by molar-refractivity contribution is 5.44. The molecule has 0 bridgehead atoms. The van der Waals surface area contributed by atoms with Gasteiger partial charge in [0.1, 0.15) is 18.1 Å². The second-order valence-electron chi connectivity index (χ2n) is 5.39. The molecule has 1 aromatic rings. The van der Waals surface area contributed by atoms with Crippen molar-refractivity contribution in [2.75, 3.05) is 19.7 Å². The van der Waals surface area contributed by atoms with E-state index in [0.29, 0.717) is 17.7 Å². The van der Waals surface area contributed by atoms with Gasteiger partial charge in [-0.2, -0.15) is 0 Å². The predicted molar refractivity (Wildman–Crippen MR) is 71.2 cm³/mol. The topological polar surface area (TPSA) is 32.7 Å². The molecule has 2 atom stereocenters. The molecule has 2 heterocycles. The highest BCUT2D eigenvalue weighted by Crippen LogP contribution is 2.42. The molecule has 2 aliphatic heterocycles. The monoisotopic (exact) mass is 247 g/mol. The van der Waals surface area contributed by atoms with Gasteiger partial charge in [-0.3, -0.25) is 4.90 Å². The molecule has 1 fully saturated rings. The second-order valence-corrected chi connectivity index (χ2v) is 5.39. The van der Waals surface area contributed by atoms with Crippen molar-refractivity contribution in [3.8, 4) is 11.5 Å². The Labute approximate surface area is 108 Å². The van der Waals surface area contributed by atoms with Gasteiger partial charge < -0.3 is 9.84 Å². The van der Waals surface area contributed by atoms with Crippen molar-refractivity contribution in [1.29, 1.82) is 0 Å². The second kappa shape index (κ2) is 4.81. The summed E-state index contributed by atoms with van der Waals surface area (Å²) in [6.45, 7) is 5.36. The van der Waals surface area contributed by atoms with Crippen LogP contribution < -0.4 is 4.74 Å². The Bertz CT molecular complexity index is 431. The molecular formula is C15H21NO2. The third-order valence-electron chi connectivity index (χ3n) is 4.21. The fourth-order valence-corrected chi connectivity index (χ4v) is 3.41. The molecule has 0 unspecified atom stereocenters. The highest BCUT2D eigenvalue weighted by atomic mass is 16.5. The quantitative estimate of drug-likeness (QED) is 0.872. The highest BCUT2D eigenvalue weighted by Gasteiger charge is 2.37. The lowest BCUT2D eigenvalue weighted by Gasteiger charge is -2.44. The van der Waals surface area contributed by atoms with E-state index < -0.39 is 0 Å². The van der Waals surface area contributed by atoms with Crippen LogP contribution in [0.3, 0.4) is 0 Å². The average Bonchev–Trinajstić information content (AvgIpc) is 2.39. The van der Waals surface area contributed by atoms with Crippen LogP contribution in [0.5, 0.6) is 11.5 Å². The SMILES string of the molecule is CCCN1CCC[C@H]2c3cc(O)ccc3OC[C@@H]21. The number of piperidine rings is 1. The summed E-state index contributed by atoms with van der Waals surface area (Å²) in [5.41, 5.74) is 1.20. The van der Waals surface area contributed by atoms with Crippen molar-refractivity contribution in [1.82, 2.24) is 4.90 Å². The van der Waals surface area contributed by atoms with Crippen LogP contribution in [-0.2, 0) is 0 Å². The van der Waals surface area contributed by atoms with Gasteiger partial charge in [-0.15, -0.1) is 0 Å². The van der Waals surface area contributed by atoms with Crippen molar-refractivity contribution in [2.45, 2.75) is 38.1 Å². The Hall–Kier alpha value is -1.22. The molecule has 0 amide bonds. The molecule has 3 heteroatoms. The van der Waals surface area contributed by atoms with Gasteiger partial charge in [0.15, 0.2) is 0 Å². The minimum absolute atomic E-state index is 0.352. The largest absolute Gasteiger partial charge is 0.508 e. The number of likely N-dealkylation sites (tertiary alicyclic amines) is 1. The van der Waals surface area contributed by atoms with Crippen LogP contribution in [0.4, 0.5) is 0 Å². The van der Waals surface area contributed by atoms with Crippen LogP contribution in [0.15, 0.2) is 18.2 Å². The first-order valence-corrected chi connectivity index (χ1v) is 6.99. The maximum Gasteiger partial charge on any atom is 0.123 e. The summed E-state index contributed by atoms with van der Waals surface area (Å²) < 4.78 is 5.87. The van der Waals surface area contributed by atoms with Gasteiger partial charge in [0.05, 0.1) is 6.04 Å². The maximum atomic E-state index is 9.68. The molecule has 0 aromatic heterocycles. The van der Waals surface area contributed by atoms with Crippen LogP contribution >= 0.6 is 0 Å². The normalized spacial score (nSPS) is 27.2. The molecule has 18 heavy (non-hydrogen) atoms. The molecule has 0 radical (unpaired) electrons. The minimum atomic E-state index is 0.352. The third-order valence-corrected chi connectivity index (χ3v) is 4.21. The number of benzene rings is 1. The fourth-order valence-electron chi connectivity index (χ4n) is 3.41. The number of fused-ring (bicyclic) bond motifs is 3. The molecule has 0 aliphatic carbocycles. The first-order chi connectivity index (χ1) is 8.79. The van der Waals surface area contributed by atoms with Crippen molar-refractivity contribution in [2.24, 2.45) is 0 Å². The number of hydrogen-bond donors (Lipinski definition) is 1. The Morgan fingerprint density at radius 1 is 1.44 bits per heavy atom. The summed E-state index contributed by atoms with van der Waals surface area (Å²) in [5.74, 6) is 1.85. The first-order valence-electron chi connectivity index (χ1n) is 6.99. The van der Waals surface area contributed by atoms with E-state index in [2.05, 4.69) is 11.8 Å². The molecule has 2 aliphatic rings. The maximum absolute atomic E-state index is 9.68. The zero-order chi connectivity index (χ0) is 12.5. The molecule has 1 aromatic carbocycles. The van der Waals surface area contributed by atoms with Gasteiger partial charge in [0.25, 0.3) is 0 Å². The third kappa shape index (κ3) is 1.97. The minimum Gasteiger partial charge on any atom is -0.508 e. The summed E-state index contributed by atoms with van der Waals surface area (Å²) >= 11 is 0. The summed E-state index contributed by atoms with van der Waals surface area (Å²) in [6, 6.07) is 6.00. The van der Waals surface area contributed by atoms with Gasteiger partial charge in [0.2, 0.25) is 0 Å². The van der Waals surface area contributed by atoms with E-state index in [9.17, 15) is 5.11 Å². The van der Waals surface area contributed by atoms with Crippen LogP contribution in [0.25, 0.3) is 0 Å². The molecule has 3 nitrogen and oxygen atoms in total. The molecule has 0 saturated carbocycles. The Kier molecular flexibility index (Phi) is 3.16. The van der Waals surface area contributed by atoms with E-state index in [1.807, 2.05) is 12.1 Å². The van der Waals surface area contributed by atoms with E-state index in [4.69, 9.17) is 4.74 Å². The van der Waals surface area contributed by atoms with Gasteiger partial charge in [-0.1, -0.05) is 6.92 Å². The molecule has 1 saturated heterocycles. The lowest BCUT2D eigenvalue weighted by molar-refractivity contribution is 0.0658. The number of aromatic hydroxyl groups is 1. The summed E-state index contributed by atoms with van der Waals surface area (Å²) in [6.07, 6.45) is 3.65. The summed E-state index contributed by atoms with van der Waals surface area (Å²) in [5, 5.41) is 9.68. The lowest BCUT2D eigenvalue weighted by Crippen LogP contribution is -2.49. The molecule has 3 rings (SSSR count). The first kappa shape index (κ1) is 11.8. The van der Waals surface area contributed by atoms with E-state index in [-0.39, 0.29) is 0 Å². The fraction of sp³-hybridized carbons (Fsp3) is 0.600. The van der Waals surface area contributed by atoms with Crippen molar-refractivity contribution in [3.63, 3.8) is 0 Å². The van der Waals surface area contributed by atoms with E-state index in [1.165, 1.54) is 31.4 Å². The Morgan fingerprint density at radius 3 is 3.17 bits per heavy atom. The average molecular weight is 247 g/mol. The Morgan fingerprint density at radius 2 is 2.33 bits per heavy atom. The number of phenols is 1. The smallest absolute Gasteiger partial charge is 0.123 e. The van der Waals surface area contributed by atoms with Crippen molar-refractivity contribution < 1.29 is 9.84 Å². The predicted octanol–water partition coefficient (Wildman–Crippen LogP) is 2.74. The van der Waals surface area contributed by atoms with Crippen LogP contribution in [0, 0.1) is 0 Å². The Balaban J connectivity index is 1.91. The standard InChI is InChI=1S/C15H21NO2/c1-2-7-16-8-3-4-12-13-9-11(17)5-6-15(13)18-10-14(12)16/h5-6,9,12,14,17H,2-4,7-8,10H2,1H3/t12-,14-/m0/s1. The zero-order valence-electron chi connectivity index (χ0n) is 10.9. The number of phenolic OH excluding ortho intramolecular Hbond substituents is 1. The van der Waals surface area contributed by atoms with E-state index in [1.54, 1.807) is 6.07 Å². The molecule has 98 valence electrons. The summed E-state index contributed by atoms with van der Waals surface area (Å²) in [7, 11) is 0. The number of nitrogens with zero attached hydrogens (tertiary/aromatic N) is 1. The lowest BCUT2D eigenvalue weighted by atomic mass is 9.81. The van der Waals surface area contributed by atoms with Crippen molar-refractivity contribution in [3.05, 3.63) is 23.8 Å².